The molecule has 31 heavy (non-hydrogen) atoms. The summed E-state index contributed by atoms with van der Waals surface area (Å²) >= 11 is 0. The van der Waals surface area contributed by atoms with Crippen molar-refractivity contribution in [3.63, 3.8) is 0 Å². The van der Waals surface area contributed by atoms with Gasteiger partial charge in [0.25, 0.3) is 5.91 Å². The molecule has 154 valence electrons. The molecule has 0 N–H and O–H groups in total. The van der Waals surface area contributed by atoms with Gasteiger partial charge in [0.05, 0.1) is 17.0 Å². The normalized spacial score (nSPS) is 15.5. The first-order chi connectivity index (χ1) is 15.0. The Morgan fingerprint density at radius 1 is 0.903 bits per heavy atom. The van der Waals surface area contributed by atoms with Crippen molar-refractivity contribution < 1.29 is 18.0 Å². The Labute approximate surface area is 176 Å². The van der Waals surface area contributed by atoms with Crippen LogP contribution in [-0.4, -0.2) is 17.4 Å². The molecule has 0 fully saturated rings. The number of carbonyl (C=O) groups excluding carboxylic acids is 1. The predicted octanol–water partition coefficient (Wildman–Crippen LogP) is 4.86. The van der Waals surface area contributed by atoms with Crippen LogP contribution in [0.25, 0.3) is 11.0 Å². The molecule has 5 rings (SSSR count). The number of carbonyl (C=O) groups is 1. The number of amides is 1. The van der Waals surface area contributed by atoms with Crippen LogP contribution in [0.4, 0.5) is 8.78 Å². The lowest BCUT2D eigenvalue weighted by atomic mass is 9.98. The summed E-state index contributed by atoms with van der Waals surface area (Å²) in [4.78, 5) is 28.0. The number of rotatable bonds is 4. The van der Waals surface area contributed by atoms with Crippen molar-refractivity contribution in [2.24, 2.45) is 0 Å². The van der Waals surface area contributed by atoms with Crippen molar-refractivity contribution in [3.05, 3.63) is 117 Å². The molecule has 6 heteroatoms. The minimum absolute atomic E-state index is 0.0257. The van der Waals surface area contributed by atoms with Crippen LogP contribution >= 0.6 is 0 Å². The quantitative estimate of drug-likeness (QED) is 0.477. The molecule has 1 aromatic heterocycles. The lowest BCUT2D eigenvalue weighted by Crippen LogP contribution is -2.32. The first-order valence-electron chi connectivity index (χ1n) is 9.90. The smallest absolute Gasteiger partial charge is 0.290 e. The molecular weight excluding hydrogens is 400 g/mol. The van der Waals surface area contributed by atoms with Gasteiger partial charge in [0.15, 0.2) is 5.43 Å². The Kier molecular flexibility index (Phi) is 4.62. The second kappa shape index (κ2) is 7.47. The first kappa shape index (κ1) is 19.2. The minimum Gasteiger partial charge on any atom is -0.450 e. The van der Waals surface area contributed by atoms with E-state index in [1.807, 2.05) is 30.3 Å². The molecule has 1 aliphatic rings. The largest absolute Gasteiger partial charge is 0.450 e. The van der Waals surface area contributed by atoms with Crippen LogP contribution in [0.2, 0.25) is 0 Å². The van der Waals surface area contributed by atoms with Gasteiger partial charge < -0.3 is 9.32 Å². The average molecular weight is 417 g/mol. The third-order valence-corrected chi connectivity index (χ3v) is 5.61. The number of benzene rings is 3. The first-order valence-corrected chi connectivity index (χ1v) is 9.90. The van der Waals surface area contributed by atoms with Gasteiger partial charge in [-0.2, -0.15) is 0 Å². The fourth-order valence-corrected chi connectivity index (χ4v) is 4.14. The van der Waals surface area contributed by atoms with Gasteiger partial charge in [-0.25, -0.2) is 8.78 Å². The molecular formula is C25H17F2NO3. The van der Waals surface area contributed by atoms with Gasteiger partial charge in [-0.3, -0.25) is 9.59 Å². The molecule has 4 aromatic rings. The van der Waals surface area contributed by atoms with E-state index in [0.717, 1.165) is 11.6 Å². The molecule has 0 radical (unpaired) electrons. The molecule has 0 bridgehead atoms. The maximum atomic E-state index is 14.8. The maximum Gasteiger partial charge on any atom is 0.290 e. The third kappa shape index (κ3) is 3.20. The van der Waals surface area contributed by atoms with E-state index in [4.69, 9.17) is 4.42 Å². The van der Waals surface area contributed by atoms with Gasteiger partial charge in [-0.05, 0) is 36.2 Å². The number of halogens is 2. The lowest BCUT2D eigenvalue weighted by Gasteiger charge is -2.25. The Morgan fingerprint density at radius 2 is 1.65 bits per heavy atom. The van der Waals surface area contributed by atoms with E-state index in [1.54, 1.807) is 18.2 Å². The molecule has 0 unspecified atom stereocenters. The summed E-state index contributed by atoms with van der Waals surface area (Å²) < 4.78 is 34.3. The van der Waals surface area contributed by atoms with Crippen LogP contribution in [-0.2, 0) is 6.42 Å². The predicted molar refractivity (Wildman–Crippen MR) is 112 cm³/mol. The molecule has 1 atom stereocenters. The molecule has 3 aromatic carbocycles. The summed E-state index contributed by atoms with van der Waals surface area (Å²) in [6, 6.07) is 18.2. The van der Waals surface area contributed by atoms with Gasteiger partial charge >= 0.3 is 0 Å². The van der Waals surface area contributed by atoms with E-state index >= 15 is 0 Å². The summed E-state index contributed by atoms with van der Waals surface area (Å²) in [5.41, 5.74) is 0.840. The van der Waals surface area contributed by atoms with Crippen LogP contribution in [0.3, 0.4) is 0 Å². The zero-order valence-corrected chi connectivity index (χ0v) is 16.3. The van der Waals surface area contributed by atoms with Gasteiger partial charge in [0, 0.05) is 12.1 Å². The van der Waals surface area contributed by atoms with E-state index in [-0.39, 0.29) is 34.4 Å². The number of nitrogens with zero attached hydrogens (tertiary/aromatic N) is 1. The average Bonchev–Trinajstić information content (AvgIpc) is 3.06. The third-order valence-electron chi connectivity index (χ3n) is 5.61. The molecule has 4 nitrogen and oxygen atoms in total. The van der Waals surface area contributed by atoms with Crippen molar-refractivity contribution in [1.82, 2.24) is 4.90 Å². The highest BCUT2D eigenvalue weighted by Crippen LogP contribution is 2.39. The van der Waals surface area contributed by atoms with Crippen LogP contribution in [0.15, 0.2) is 82.0 Å². The fourth-order valence-electron chi connectivity index (χ4n) is 4.14. The van der Waals surface area contributed by atoms with Crippen LogP contribution in [0, 0.1) is 11.6 Å². The Hall–Kier alpha value is -3.80. The SMILES string of the molecule is O=C1c2oc3ccc(F)cc3c(=O)c2[C@H](c2ccccc2F)N1CCc1ccccc1. The second-order valence-electron chi connectivity index (χ2n) is 7.47. The van der Waals surface area contributed by atoms with Gasteiger partial charge in [-0.15, -0.1) is 0 Å². The standard InChI is InChI=1S/C25H17F2NO3/c26-16-10-11-20-18(14-16)23(29)21-22(17-8-4-5-9-19(17)27)28(25(30)24(21)31-20)13-12-15-6-2-1-3-7-15/h1-11,14,22H,12-13H2/t22-/m0/s1. The number of hydrogen-bond donors (Lipinski definition) is 0. The second-order valence-corrected chi connectivity index (χ2v) is 7.47. The van der Waals surface area contributed by atoms with Crippen molar-refractivity contribution in [1.29, 1.82) is 0 Å². The van der Waals surface area contributed by atoms with Crippen molar-refractivity contribution >= 4 is 16.9 Å². The van der Waals surface area contributed by atoms with E-state index < -0.39 is 29.0 Å². The number of hydrogen-bond acceptors (Lipinski definition) is 3. The molecule has 0 spiro atoms. The zero-order valence-electron chi connectivity index (χ0n) is 16.3. The van der Waals surface area contributed by atoms with Crippen LogP contribution < -0.4 is 5.43 Å². The summed E-state index contributed by atoms with van der Waals surface area (Å²) in [5, 5.41) is 0.0257. The van der Waals surface area contributed by atoms with E-state index in [9.17, 15) is 18.4 Å². The minimum atomic E-state index is -0.948. The summed E-state index contributed by atoms with van der Waals surface area (Å²) in [5.74, 6) is -1.73. The summed E-state index contributed by atoms with van der Waals surface area (Å²) in [6.45, 7) is 0.260. The Bertz CT molecular complexity index is 1360. The molecule has 1 aliphatic heterocycles. The monoisotopic (exact) mass is 417 g/mol. The Morgan fingerprint density at radius 3 is 2.42 bits per heavy atom. The van der Waals surface area contributed by atoms with Crippen molar-refractivity contribution in [3.8, 4) is 0 Å². The van der Waals surface area contributed by atoms with Crippen LogP contribution in [0.1, 0.15) is 33.3 Å². The van der Waals surface area contributed by atoms with Crippen molar-refractivity contribution in [2.75, 3.05) is 6.54 Å². The lowest BCUT2D eigenvalue weighted by molar-refractivity contribution is 0.0728. The summed E-state index contributed by atoms with van der Waals surface area (Å²) in [7, 11) is 0. The zero-order chi connectivity index (χ0) is 21.5. The molecule has 0 saturated carbocycles. The highest BCUT2D eigenvalue weighted by molar-refractivity contribution is 5.99. The highest BCUT2D eigenvalue weighted by atomic mass is 19.1. The topological polar surface area (TPSA) is 50.5 Å². The van der Waals surface area contributed by atoms with Gasteiger partial charge in [0.1, 0.15) is 17.2 Å². The van der Waals surface area contributed by atoms with E-state index in [0.29, 0.717) is 6.42 Å². The molecule has 1 amide bonds. The fraction of sp³-hybridized carbons (Fsp3) is 0.120. The summed E-state index contributed by atoms with van der Waals surface area (Å²) in [6.07, 6.45) is 0.522. The van der Waals surface area contributed by atoms with Crippen LogP contribution in [0.5, 0.6) is 0 Å². The van der Waals surface area contributed by atoms with Crippen molar-refractivity contribution in [2.45, 2.75) is 12.5 Å². The van der Waals surface area contributed by atoms with Gasteiger partial charge in [-0.1, -0.05) is 48.5 Å². The van der Waals surface area contributed by atoms with Gasteiger partial charge in [0.2, 0.25) is 5.76 Å². The van der Waals surface area contributed by atoms with E-state index in [1.165, 1.54) is 23.1 Å². The molecule has 0 saturated heterocycles. The highest BCUT2D eigenvalue weighted by Gasteiger charge is 2.43. The Balaban J connectivity index is 1.68. The maximum absolute atomic E-state index is 14.8. The molecule has 0 aliphatic carbocycles. The number of fused-ring (bicyclic) bond motifs is 2. The van der Waals surface area contributed by atoms with E-state index in [2.05, 4.69) is 0 Å². The molecule has 2 heterocycles.